The molecule has 0 bridgehead atoms. The minimum absolute atomic E-state index is 0.587. The molecule has 0 spiro atoms. The standard InChI is InChI=1S/C15H16ClN3S/c1-10-3-4-12-13(7-10)19(15(18-12)5-6-16)8-14-11(2)17-9-20-14/h3-4,7,9H,5-6,8H2,1-2H3. The van der Waals surface area contributed by atoms with Crippen LogP contribution in [-0.2, 0) is 13.0 Å². The Bertz CT molecular complexity index is 745. The summed E-state index contributed by atoms with van der Waals surface area (Å²) in [5, 5.41) is 0. The van der Waals surface area contributed by atoms with Gasteiger partial charge in [0.1, 0.15) is 5.82 Å². The van der Waals surface area contributed by atoms with Crippen molar-refractivity contribution in [2.24, 2.45) is 0 Å². The Morgan fingerprint density at radius 3 is 2.85 bits per heavy atom. The van der Waals surface area contributed by atoms with Crippen LogP contribution < -0.4 is 0 Å². The van der Waals surface area contributed by atoms with Gasteiger partial charge < -0.3 is 4.57 Å². The van der Waals surface area contributed by atoms with Crippen molar-refractivity contribution in [1.29, 1.82) is 0 Å². The van der Waals surface area contributed by atoms with E-state index >= 15 is 0 Å². The average Bonchev–Trinajstić information content (AvgIpc) is 2.96. The molecule has 3 rings (SSSR count). The summed E-state index contributed by atoms with van der Waals surface area (Å²) in [6.45, 7) is 4.98. The third-order valence-corrected chi connectivity index (χ3v) is 4.56. The Hall–Kier alpha value is -1.39. The molecule has 0 aliphatic rings. The summed E-state index contributed by atoms with van der Waals surface area (Å²) in [5.74, 6) is 1.64. The van der Waals surface area contributed by atoms with Crippen LogP contribution in [0.5, 0.6) is 0 Å². The molecule has 2 heterocycles. The lowest BCUT2D eigenvalue weighted by molar-refractivity contribution is 0.758. The van der Waals surface area contributed by atoms with Crippen molar-refractivity contribution in [3.8, 4) is 0 Å². The van der Waals surface area contributed by atoms with Crippen LogP contribution in [0.2, 0.25) is 0 Å². The highest BCUT2D eigenvalue weighted by Gasteiger charge is 2.12. The van der Waals surface area contributed by atoms with Crippen LogP contribution in [-0.4, -0.2) is 20.4 Å². The van der Waals surface area contributed by atoms with Crippen LogP contribution in [0.1, 0.15) is 22.0 Å². The minimum Gasteiger partial charge on any atom is -0.323 e. The molecule has 1 aromatic carbocycles. The van der Waals surface area contributed by atoms with E-state index in [0.29, 0.717) is 5.88 Å². The van der Waals surface area contributed by atoms with Gasteiger partial charge in [0.25, 0.3) is 0 Å². The zero-order chi connectivity index (χ0) is 14.1. The number of aryl methyl sites for hydroxylation is 3. The van der Waals surface area contributed by atoms with Gasteiger partial charge in [0.2, 0.25) is 0 Å². The number of alkyl halides is 1. The maximum Gasteiger partial charge on any atom is 0.111 e. The molecule has 5 heteroatoms. The minimum atomic E-state index is 0.587. The highest BCUT2D eigenvalue weighted by molar-refractivity contribution is 7.09. The summed E-state index contributed by atoms with van der Waals surface area (Å²) in [5.41, 5.74) is 6.46. The molecule has 0 saturated carbocycles. The topological polar surface area (TPSA) is 30.7 Å². The highest BCUT2D eigenvalue weighted by Crippen LogP contribution is 2.22. The van der Waals surface area contributed by atoms with Gasteiger partial charge in [-0.15, -0.1) is 22.9 Å². The third-order valence-electron chi connectivity index (χ3n) is 3.45. The first kappa shape index (κ1) is 13.6. The van der Waals surface area contributed by atoms with E-state index in [4.69, 9.17) is 16.6 Å². The monoisotopic (exact) mass is 305 g/mol. The van der Waals surface area contributed by atoms with Crippen molar-refractivity contribution in [3.05, 3.63) is 45.7 Å². The number of benzene rings is 1. The van der Waals surface area contributed by atoms with E-state index in [0.717, 1.165) is 30.0 Å². The second kappa shape index (κ2) is 5.54. The lowest BCUT2D eigenvalue weighted by atomic mass is 10.2. The number of fused-ring (bicyclic) bond motifs is 1. The van der Waals surface area contributed by atoms with Crippen molar-refractivity contribution in [3.63, 3.8) is 0 Å². The molecule has 0 aliphatic heterocycles. The fourth-order valence-corrected chi connectivity index (χ4v) is 3.29. The van der Waals surface area contributed by atoms with E-state index in [1.807, 2.05) is 5.51 Å². The van der Waals surface area contributed by atoms with Crippen LogP contribution in [0.15, 0.2) is 23.7 Å². The van der Waals surface area contributed by atoms with E-state index in [1.165, 1.54) is 16.0 Å². The number of thiazole rings is 1. The summed E-state index contributed by atoms with van der Waals surface area (Å²) >= 11 is 7.61. The molecular weight excluding hydrogens is 290 g/mol. The smallest absolute Gasteiger partial charge is 0.111 e. The first-order chi connectivity index (χ1) is 9.69. The first-order valence-corrected chi connectivity index (χ1v) is 8.01. The van der Waals surface area contributed by atoms with Gasteiger partial charge in [-0.2, -0.15) is 0 Å². The van der Waals surface area contributed by atoms with Crippen LogP contribution in [0.3, 0.4) is 0 Å². The van der Waals surface area contributed by atoms with Crippen molar-refractivity contribution >= 4 is 34.0 Å². The number of rotatable bonds is 4. The highest BCUT2D eigenvalue weighted by atomic mass is 35.5. The fourth-order valence-electron chi connectivity index (χ4n) is 2.36. The summed E-state index contributed by atoms with van der Waals surface area (Å²) in [6, 6.07) is 6.37. The van der Waals surface area contributed by atoms with Gasteiger partial charge in [0.15, 0.2) is 0 Å². The molecule has 0 radical (unpaired) electrons. The summed E-state index contributed by atoms with van der Waals surface area (Å²) < 4.78 is 2.27. The Balaban J connectivity index is 2.12. The van der Waals surface area contributed by atoms with Gasteiger partial charge in [-0.3, -0.25) is 0 Å². The zero-order valence-electron chi connectivity index (χ0n) is 11.6. The molecule has 0 atom stereocenters. The molecule has 104 valence electrons. The fraction of sp³-hybridized carbons (Fsp3) is 0.333. The third kappa shape index (κ3) is 2.45. The number of hydrogen-bond donors (Lipinski definition) is 0. The number of imidazole rings is 1. The lowest BCUT2D eigenvalue weighted by Gasteiger charge is -2.08. The Labute approximate surface area is 127 Å². The van der Waals surface area contributed by atoms with Crippen LogP contribution >= 0.6 is 22.9 Å². The molecule has 0 unspecified atom stereocenters. The summed E-state index contributed by atoms with van der Waals surface area (Å²) in [6.07, 6.45) is 0.785. The van der Waals surface area contributed by atoms with Gasteiger partial charge in [-0.1, -0.05) is 6.07 Å². The number of halogens is 1. The summed E-state index contributed by atoms with van der Waals surface area (Å²) in [4.78, 5) is 10.3. The molecule has 2 aromatic heterocycles. The van der Waals surface area contributed by atoms with E-state index in [2.05, 4.69) is 41.6 Å². The second-order valence-electron chi connectivity index (χ2n) is 4.91. The van der Waals surface area contributed by atoms with Gasteiger partial charge in [-0.05, 0) is 31.5 Å². The Morgan fingerprint density at radius 2 is 2.15 bits per heavy atom. The van der Waals surface area contributed by atoms with Crippen LogP contribution in [0, 0.1) is 13.8 Å². The molecule has 3 aromatic rings. The maximum atomic E-state index is 5.92. The second-order valence-corrected chi connectivity index (χ2v) is 6.22. The van der Waals surface area contributed by atoms with Crippen molar-refractivity contribution in [1.82, 2.24) is 14.5 Å². The van der Waals surface area contributed by atoms with Crippen molar-refractivity contribution in [2.45, 2.75) is 26.8 Å². The predicted molar refractivity (Wildman–Crippen MR) is 84.8 cm³/mol. The lowest BCUT2D eigenvalue weighted by Crippen LogP contribution is -2.06. The van der Waals surface area contributed by atoms with Gasteiger partial charge in [0.05, 0.1) is 28.8 Å². The Kier molecular flexibility index (Phi) is 3.76. The molecule has 0 fully saturated rings. The van der Waals surface area contributed by atoms with Gasteiger partial charge >= 0.3 is 0 Å². The number of hydrogen-bond acceptors (Lipinski definition) is 3. The molecule has 3 nitrogen and oxygen atoms in total. The predicted octanol–water partition coefficient (Wildman–Crippen LogP) is 3.94. The van der Waals surface area contributed by atoms with Gasteiger partial charge in [0, 0.05) is 17.2 Å². The van der Waals surface area contributed by atoms with E-state index < -0.39 is 0 Å². The SMILES string of the molecule is Cc1ccc2nc(CCCl)n(Cc3scnc3C)c2c1. The molecule has 20 heavy (non-hydrogen) atoms. The largest absolute Gasteiger partial charge is 0.323 e. The van der Waals surface area contributed by atoms with Crippen molar-refractivity contribution in [2.75, 3.05) is 5.88 Å². The number of aromatic nitrogens is 3. The van der Waals surface area contributed by atoms with Crippen LogP contribution in [0.4, 0.5) is 0 Å². The molecule has 0 saturated heterocycles. The van der Waals surface area contributed by atoms with E-state index in [-0.39, 0.29) is 0 Å². The van der Waals surface area contributed by atoms with E-state index in [9.17, 15) is 0 Å². The van der Waals surface area contributed by atoms with Gasteiger partial charge in [-0.25, -0.2) is 9.97 Å². The Morgan fingerprint density at radius 1 is 1.30 bits per heavy atom. The normalized spacial score (nSPS) is 11.3. The summed E-state index contributed by atoms with van der Waals surface area (Å²) in [7, 11) is 0. The number of nitrogens with zero attached hydrogens (tertiary/aromatic N) is 3. The van der Waals surface area contributed by atoms with Crippen LogP contribution in [0.25, 0.3) is 11.0 Å². The first-order valence-electron chi connectivity index (χ1n) is 6.59. The molecule has 0 N–H and O–H groups in total. The van der Waals surface area contributed by atoms with E-state index in [1.54, 1.807) is 11.3 Å². The quantitative estimate of drug-likeness (QED) is 0.684. The zero-order valence-corrected chi connectivity index (χ0v) is 13.1. The van der Waals surface area contributed by atoms with Crippen molar-refractivity contribution < 1.29 is 0 Å². The average molecular weight is 306 g/mol. The molecular formula is C15H16ClN3S. The molecule has 0 amide bonds. The molecule has 0 aliphatic carbocycles. The maximum absolute atomic E-state index is 5.92.